The molecule has 1 aromatic carbocycles. The van der Waals surface area contributed by atoms with E-state index in [1.807, 2.05) is 30.3 Å². The van der Waals surface area contributed by atoms with Crippen LogP contribution in [0.1, 0.15) is 16.9 Å². The molecule has 0 saturated carbocycles. The van der Waals surface area contributed by atoms with E-state index in [2.05, 4.69) is 15.1 Å². The minimum Gasteiger partial charge on any atom is -0.336 e. The summed E-state index contributed by atoms with van der Waals surface area (Å²) >= 11 is 0. The first-order chi connectivity index (χ1) is 14.0. The van der Waals surface area contributed by atoms with Gasteiger partial charge in [-0.3, -0.25) is 9.48 Å². The molecule has 1 N–H and O–H groups in total. The first-order valence-electron chi connectivity index (χ1n) is 9.34. The maximum atomic E-state index is 13.1. The summed E-state index contributed by atoms with van der Waals surface area (Å²) in [5, 5.41) is 4.53. The van der Waals surface area contributed by atoms with Gasteiger partial charge in [-0.05, 0) is 12.5 Å². The number of nitrogens with one attached hydrogen (secondary N) is 1. The van der Waals surface area contributed by atoms with Crippen LogP contribution < -0.4 is 0 Å². The number of hydrogen-bond acceptors (Lipinski definition) is 5. The van der Waals surface area contributed by atoms with Crippen LogP contribution in [0.5, 0.6) is 0 Å². The molecule has 1 fully saturated rings. The summed E-state index contributed by atoms with van der Waals surface area (Å²) in [6.07, 6.45) is 3.19. The number of aryl methyl sites for hydroxylation is 1. The van der Waals surface area contributed by atoms with Crippen molar-refractivity contribution in [3.05, 3.63) is 54.6 Å². The Morgan fingerprint density at radius 2 is 1.90 bits per heavy atom. The standard InChI is InChI=1S/C19H22N6O3S/c1-23-17(12-16(22-23)15-6-3-2-4-7-15)19(26)24-8-5-9-25(11-10-24)29(27,28)18-13-20-14-21-18/h2-4,6-7,12-14H,5,8-11H2,1H3,(H,20,21). The van der Waals surface area contributed by atoms with Crippen LogP contribution in [0, 0.1) is 0 Å². The Kier molecular flexibility index (Phi) is 5.20. The summed E-state index contributed by atoms with van der Waals surface area (Å²) < 4.78 is 28.4. The number of hydrogen-bond donors (Lipinski definition) is 1. The Hall–Kier alpha value is -2.98. The van der Waals surface area contributed by atoms with Crippen LogP contribution in [0.25, 0.3) is 11.3 Å². The highest BCUT2D eigenvalue weighted by Crippen LogP contribution is 2.20. The van der Waals surface area contributed by atoms with Crippen LogP contribution in [-0.4, -0.2) is 69.5 Å². The first-order valence-corrected chi connectivity index (χ1v) is 10.8. The SMILES string of the molecule is Cn1nc(-c2ccccc2)cc1C(=O)N1CCCN(S(=O)(=O)c2cnc[nH]2)CC1. The molecule has 0 unspecified atom stereocenters. The molecule has 29 heavy (non-hydrogen) atoms. The van der Waals surface area contributed by atoms with Gasteiger partial charge in [0.1, 0.15) is 5.69 Å². The smallest absolute Gasteiger partial charge is 0.272 e. The van der Waals surface area contributed by atoms with E-state index in [1.165, 1.54) is 16.8 Å². The number of aromatic nitrogens is 4. The molecule has 1 amide bonds. The maximum absolute atomic E-state index is 13.1. The van der Waals surface area contributed by atoms with Gasteiger partial charge >= 0.3 is 0 Å². The van der Waals surface area contributed by atoms with Gasteiger partial charge in [-0.2, -0.15) is 9.40 Å². The Morgan fingerprint density at radius 3 is 2.62 bits per heavy atom. The molecule has 2 aromatic heterocycles. The normalized spacial score (nSPS) is 16.0. The molecular weight excluding hydrogens is 392 g/mol. The molecule has 3 heterocycles. The third-order valence-corrected chi connectivity index (χ3v) is 6.83. The zero-order chi connectivity index (χ0) is 20.4. The largest absolute Gasteiger partial charge is 0.336 e. The van der Waals surface area contributed by atoms with Crippen molar-refractivity contribution < 1.29 is 13.2 Å². The lowest BCUT2D eigenvalue weighted by Crippen LogP contribution is -2.38. The van der Waals surface area contributed by atoms with Gasteiger partial charge in [-0.25, -0.2) is 13.4 Å². The van der Waals surface area contributed by atoms with Crippen molar-refractivity contribution in [1.29, 1.82) is 0 Å². The molecule has 4 rings (SSSR count). The zero-order valence-corrected chi connectivity index (χ0v) is 16.8. The minimum absolute atomic E-state index is 0.0661. The maximum Gasteiger partial charge on any atom is 0.272 e. The van der Waals surface area contributed by atoms with Crippen molar-refractivity contribution in [3.63, 3.8) is 0 Å². The molecule has 1 aliphatic heterocycles. The number of rotatable bonds is 4. The highest BCUT2D eigenvalue weighted by molar-refractivity contribution is 7.89. The summed E-state index contributed by atoms with van der Waals surface area (Å²) in [6, 6.07) is 11.5. The van der Waals surface area contributed by atoms with E-state index >= 15 is 0 Å². The second kappa shape index (κ2) is 7.80. The van der Waals surface area contributed by atoms with Crippen molar-refractivity contribution in [2.75, 3.05) is 26.2 Å². The number of H-pyrrole nitrogens is 1. The fraction of sp³-hybridized carbons (Fsp3) is 0.316. The predicted molar refractivity (Wildman–Crippen MR) is 107 cm³/mol. The van der Waals surface area contributed by atoms with Crippen LogP contribution >= 0.6 is 0 Å². The van der Waals surface area contributed by atoms with Crippen molar-refractivity contribution in [2.45, 2.75) is 11.4 Å². The van der Waals surface area contributed by atoms with Gasteiger partial charge in [-0.1, -0.05) is 30.3 Å². The summed E-state index contributed by atoms with van der Waals surface area (Å²) in [7, 11) is -1.89. The van der Waals surface area contributed by atoms with E-state index in [0.29, 0.717) is 31.7 Å². The molecular formula is C19H22N6O3S. The van der Waals surface area contributed by atoms with E-state index in [0.717, 1.165) is 11.3 Å². The molecule has 0 bridgehead atoms. The van der Waals surface area contributed by atoms with Gasteiger partial charge in [0, 0.05) is 38.8 Å². The van der Waals surface area contributed by atoms with Gasteiger partial charge in [0.05, 0.1) is 18.2 Å². The number of sulfonamides is 1. The van der Waals surface area contributed by atoms with Crippen molar-refractivity contribution >= 4 is 15.9 Å². The van der Waals surface area contributed by atoms with E-state index < -0.39 is 10.0 Å². The van der Waals surface area contributed by atoms with Gasteiger partial charge in [0.2, 0.25) is 0 Å². The Balaban J connectivity index is 1.50. The van der Waals surface area contributed by atoms with Crippen molar-refractivity contribution in [1.82, 2.24) is 29.0 Å². The Bertz CT molecular complexity index is 1090. The Labute approximate surface area is 169 Å². The average Bonchev–Trinajstić information content (AvgIpc) is 3.33. The molecule has 0 radical (unpaired) electrons. The molecule has 0 spiro atoms. The topological polar surface area (TPSA) is 104 Å². The summed E-state index contributed by atoms with van der Waals surface area (Å²) in [6.45, 7) is 1.39. The molecule has 0 atom stereocenters. The van der Waals surface area contributed by atoms with Crippen LogP contribution in [0.3, 0.4) is 0 Å². The summed E-state index contributed by atoms with van der Waals surface area (Å²) in [5.74, 6) is -0.150. The lowest BCUT2D eigenvalue weighted by molar-refractivity contribution is 0.0753. The number of aromatic amines is 1. The number of benzene rings is 1. The summed E-state index contributed by atoms with van der Waals surface area (Å²) in [5.41, 5.74) is 2.15. The molecule has 1 saturated heterocycles. The van der Waals surface area contributed by atoms with Crippen LogP contribution in [0.15, 0.2) is 53.9 Å². The second-order valence-electron chi connectivity index (χ2n) is 6.87. The highest BCUT2D eigenvalue weighted by Gasteiger charge is 2.30. The van der Waals surface area contributed by atoms with Gasteiger partial charge in [0.25, 0.3) is 15.9 Å². The third kappa shape index (κ3) is 3.81. The minimum atomic E-state index is -3.64. The summed E-state index contributed by atoms with van der Waals surface area (Å²) in [4.78, 5) is 21.2. The lowest BCUT2D eigenvalue weighted by Gasteiger charge is -2.21. The van der Waals surface area contributed by atoms with Gasteiger partial charge in [-0.15, -0.1) is 0 Å². The fourth-order valence-corrected chi connectivity index (χ4v) is 4.81. The van der Waals surface area contributed by atoms with E-state index in [-0.39, 0.29) is 17.5 Å². The van der Waals surface area contributed by atoms with Crippen LogP contribution in [-0.2, 0) is 17.1 Å². The quantitative estimate of drug-likeness (QED) is 0.694. The average molecular weight is 414 g/mol. The molecule has 0 aliphatic carbocycles. The Morgan fingerprint density at radius 1 is 1.10 bits per heavy atom. The predicted octanol–water partition coefficient (Wildman–Crippen LogP) is 1.35. The molecule has 1 aliphatic rings. The number of carbonyl (C=O) groups excluding carboxylic acids is 1. The van der Waals surface area contributed by atoms with Crippen LogP contribution in [0.4, 0.5) is 0 Å². The number of nitrogens with zero attached hydrogens (tertiary/aromatic N) is 5. The van der Waals surface area contributed by atoms with E-state index in [4.69, 9.17) is 0 Å². The highest BCUT2D eigenvalue weighted by atomic mass is 32.2. The zero-order valence-electron chi connectivity index (χ0n) is 16.0. The molecule has 152 valence electrons. The monoisotopic (exact) mass is 414 g/mol. The molecule has 9 nitrogen and oxygen atoms in total. The third-order valence-electron chi connectivity index (χ3n) is 5.00. The number of amides is 1. The second-order valence-corrected chi connectivity index (χ2v) is 8.78. The molecule has 3 aromatic rings. The van der Waals surface area contributed by atoms with Gasteiger partial charge < -0.3 is 9.88 Å². The fourth-order valence-electron chi connectivity index (χ4n) is 3.44. The van der Waals surface area contributed by atoms with Crippen LogP contribution in [0.2, 0.25) is 0 Å². The van der Waals surface area contributed by atoms with E-state index in [9.17, 15) is 13.2 Å². The first kappa shape index (κ1) is 19.3. The van der Waals surface area contributed by atoms with Gasteiger partial charge in [0.15, 0.2) is 5.03 Å². The number of imidazole rings is 1. The van der Waals surface area contributed by atoms with E-state index in [1.54, 1.807) is 22.7 Å². The molecule has 10 heteroatoms. The number of carbonyl (C=O) groups is 1. The van der Waals surface area contributed by atoms with Crippen molar-refractivity contribution in [3.8, 4) is 11.3 Å². The van der Waals surface area contributed by atoms with Crippen molar-refractivity contribution in [2.24, 2.45) is 7.05 Å². The lowest BCUT2D eigenvalue weighted by atomic mass is 10.1.